The van der Waals surface area contributed by atoms with Gasteiger partial charge in [-0.1, -0.05) is 11.5 Å². The van der Waals surface area contributed by atoms with Crippen LogP contribution in [0.1, 0.15) is 28.3 Å². The highest BCUT2D eigenvalue weighted by Gasteiger charge is 2.44. The fraction of sp³-hybridized carbons (Fsp3) is 0.227. The van der Waals surface area contributed by atoms with E-state index in [1.54, 1.807) is 0 Å². The van der Waals surface area contributed by atoms with E-state index in [-0.39, 0.29) is 21.4 Å². The molecule has 0 fully saturated rings. The quantitative estimate of drug-likeness (QED) is 0.259. The highest BCUT2D eigenvalue weighted by molar-refractivity contribution is 5.82. The van der Waals surface area contributed by atoms with E-state index in [2.05, 4.69) is 85.8 Å². The topological polar surface area (TPSA) is 55.4 Å². The number of amides is 1. The normalized spacial score (nSPS) is 10.7. The van der Waals surface area contributed by atoms with Crippen LogP contribution in [0.25, 0.3) is 0 Å². The molecule has 0 aromatic carbocycles. The molecule has 10 heteroatoms. The van der Waals surface area contributed by atoms with Gasteiger partial charge in [-0.2, -0.15) is 26.3 Å². The molecule has 0 saturated heterocycles. The van der Waals surface area contributed by atoms with Crippen LogP contribution in [0, 0.1) is 0 Å². The van der Waals surface area contributed by atoms with Crippen molar-refractivity contribution in [2.75, 3.05) is 0 Å². The van der Waals surface area contributed by atoms with E-state index in [1.165, 1.54) is 5.32 Å². The van der Waals surface area contributed by atoms with Crippen LogP contribution in [0.3, 0.4) is 0 Å². The number of nitrogens with one attached hydrogen (secondary N) is 1. The standard InChI is InChI=1S/C22H9F6NO3.15H2/c1-3-4-5-6-7-8-9-10-11-12-13-14-15-16-18(32-20(31)22(26,27)28)17(2)29-19(30)21(23,24)25;;;;;;;;;;;;;;;/h16-18H,1H2,2H3,(H,29,30);15*1H/t17-,18-;;;;;;;;;;;;;;;/m0.............../s1. The molecule has 1 N–H and O–H groups in total. The van der Waals surface area contributed by atoms with Crippen LogP contribution < -0.4 is 5.32 Å². The Balaban J connectivity index is -0.0000000458. The van der Waals surface area contributed by atoms with Gasteiger partial charge in [0.25, 0.3) is 0 Å². The van der Waals surface area contributed by atoms with Crippen molar-refractivity contribution < 1.29 is 62.1 Å². The Morgan fingerprint density at radius 3 is 1.69 bits per heavy atom. The van der Waals surface area contributed by atoms with Crippen molar-refractivity contribution >= 4 is 11.9 Å². The minimum atomic E-state index is -5.41. The minimum Gasteiger partial charge on any atom is -0.449 e. The number of halogens is 6. The molecule has 4 nitrogen and oxygen atoms in total. The van der Waals surface area contributed by atoms with E-state index in [0.717, 1.165) is 6.92 Å². The van der Waals surface area contributed by atoms with E-state index < -0.39 is 36.4 Å². The molecule has 1 amide bonds. The van der Waals surface area contributed by atoms with Gasteiger partial charge in [-0.05, 0) is 76.5 Å². The summed E-state index contributed by atoms with van der Waals surface area (Å²) in [4.78, 5) is 21.9. The Kier molecular flexibility index (Phi) is 11.6. The van der Waals surface area contributed by atoms with Crippen LogP contribution in [0.5, 0.6) is 0 Å². The Morgan fingerprint density at radius 2 is 1.28 bits per heavy atom. The summed E-state index contributed by atoms with van der Waals surface area (Å²) in [5.41, 5.74) is 29.4. The van der Waals surface area contributed by atoms with Crippen LogP contribution in [-0.2, 0) is 14.3 Å². The zero-order valence-electron chi connectivity index (χ0n) is 15.9. The third-order valence-corrected chi connectivity index (χ3v) is 2.62. The lowest BCUT2D eigenvalue weighted by Gasteiger charge is -2.22. The van der Waals surface area contributed by atoms with Crippen molar-refractivity contribution in [3.05, 3.63) is 87.2 Å². The zero-order chi connectivity index (χ0) is 24.6. The molecule has 2 atom stereocenters. The molecule has 32 heavy (non-hydrogen) atoms. The lowest BCUT2D eigenvalue weighted by Crippen LogP contribution is -2.48. The predicted octanol–water partition coefficient (Wildman–Crippen LogP) is 7.42. The molecular weight excluding hydrogens is 440 g/mol. The number of esters is 1. The number of hydrogen-bond acceptors (Lipinski definition) is 3. The second-order valence-electron chi connectivity index (χ2n) is 4.99. The summed E-state index contributed by atoms with van der Waals surface area (Å²) in [5, 5.41) is 1.37. The third-order valence-electron chi connectivity index (χ3n) is 2.62. The Bertz CT molecular complexity index is 1280. The monoisotopic (exact) mass is 479 g/mol. The fourth-order valence-corrected chi connectivity index (χ4v) is 1.33. The van der Waals surface area contributed by atoms with E-state index in [4.69, 9.17) is 0 Å². The first-order valence-electron chi connectivity index (χ1n) is 7.91. The van der Waals surface area contributed by atoms with Crippen LogP contribution in [0.4, 0.5) is 26.3 Å². The van der Waals surface area contributed by atoms with Gasteiger partial charge in [-0.25, -0.2) is 4.79 Å². The second kappa shape index (κ2) is 13.6. The average molecular weight is 480 g/mol. The van der Waals surface area contributed by atoms with Crippen molar-refractivity contribution in [3.8, 4) is 0 Å². The van der Waals surface area contributed by atoms with Gasteiger partial charge in [0.1, 0.15) is 6.10 Å². The molecule has 0 aliphatic rings. The smallest absolute Gasteiger partial charge is 0.449 e. The van der Waals surface area contributed by atoms with Crippen molar-refractivity contribution in [2.45, 2.75) is 31.4 Å². The summed E-state index contributed by atoms with van der Waals surface area (Å²) >= 11 is 0. The summed E-state index contributed by atoms with van der Waals surface area (Å²) in [6, 6.07) is -1.69. The molecule has 0 saturated carbocycles. The van der Waals surface area contributed by atoms with Gasteiger partial charge in [-0.3, -0.25) is 4.79 Å². The molecule has 0 aromatic rings. The largest absolute Gasteiger partial charge is 0.490 e. The van der Waals surface area contributed by atoms with Gasteiger partial charge in [0, 0.05) is 27.5 Å². The number of rotatable bonds is 4. The van der Waals surface area contributed by atoms with Gasteiger partial charge in [0.05, 0.1) is 6.04 Å². The van der Waals surface area contributed by atoms with E-state index in [0.29, 0.717) is 6.08 Å². The first kappa shape index (κ1) is 27.4. The molecule has 0 spiro atoms. The summed E-state index contributed by atoms with van der Waals surface area (Å²) in [6.07, 6.45) is -12.0. The van der Waals surface area contributed by atoms with Crippen LogP contribution in [0.15, 0.2) is 87.2 Å². The SMILES string of the molecule is C=C=C=C=C=C=C=C=C=C=C=C=C=C=C[C@H](OC(=O)C(F)(F)F)[C@H](C)NC(=O)C(F)(F)F.[HH].[HH].[HH].[HH].[HH].[HH].[HH].[HH].[HH].[HH].[HH].[HH].[HH].[HH].[HH]. The summed E-state index contributed by atoms with van der Waals surface area (Å²) in [6.45, 7) is 4.12. The lowest BCUT2D eigenvalue weighted by molar-refractivity contribution is -0.204. The Morgan fingerprint density at radius 1 is 0.844 bits per heavy atom. The number of hydrogen-bond donors (Lipinski definition) is 1. The van der Waals surface area contributed by atoms with Crippen molar-refractivity contribution in [1.82, 2.24) is 5.32 Å². The van der Waals surface area contributed by atoms with E-state index >= 15 is 0 Å². The summed E-state index contributed by atoms with van der Waals surface area (Å²) in [5.74, 6) is -5.12. The molecule has 0 radical (unpaired) electrons. The summed E-state index contributed by atoms with van der Waals surface area (Å²) < 4.78 is 78.0. The number of carbonyl (C=O) groups is 2. The van der Waals surface area contributed by atoms with Crippen molar-refractivity contribution in [2.24, 2.45) is 0 Å². The molecular formula is C22H39F6NO3. The maximum absolute atomic E-state index is 12.4. The minimum absolute atomic E-state index is 0. The van der Waals surface area contributed by atoms with Crippen LogP contribution in [-0.4, -0.2) is 36.4 Å². The number of ether oxygens (including phenoxy) is 1. The summed E-state index contributed by atoms with van der Waals surface area (Å²) in [7, 11) is 0. The third kappa shape index (κ3) is 12.8. The Hall–Kier alpha value is -4.60. The fourth-order valence-electron chi connectivity index (χ4n) is 1.33. The molecule has 0 aliphatic carbocycles. The highest BCUT2D eigenvalue weighted by Crippen LogP contribution is 2.19. The maximum Gasteiger partial charge on any atom is 0.490 e. The first-order chi connectivity index (χ1) is 14.9. The number of carbonyl (C=O) groups excluding carboxylic acids is 2. The Labute approximate surface area is 199 Å². The first-order valence-corrected chi connectivity index (χ1v) is 7.91. The van der Waals surface area contributed by atoms with E-state index in [1.807, 2.05) is 0 Å². The molecule has 192 valence electrons. The molecule has 0 rings (SSSR count). The maximum atomic E-state index is 12.4. The van der Waals surface area contributed by atoms with Crippen molar-refractivity contribution in [1.29, 1.82) is 0 Å². The molecule has 0 aliphatic heterocycles. The second-order valence-corrected chi connectivity index (χ2v) is 4.99. The lowest BCUT2D eigenvalue weighted by atomic mass is 10.1. The van der Waals surface area contributed by atoms with Gasteiger partial charge in [-0.15, -0.1) is 0 Å². The van der Waals surface area contributed by atoms with Gasteiger partial charge in [0.15, 0.2) is 0 Å². The number of alkyl halides is 6. The van der Waals surface area contributed by atoms with Gasteiger partial charge < -0.3 is 10.1 Å². The zero-order valence-corrected chi connectivity index (χ0v) is 15.9. The van der Waals surface area contributed by atoms with Crippen LogP contribution >= 0.6 is 0 Å². The molecule has 0 bridgehead atoms. The van der Waals surface area contributed by atoms with Crippen LogP contribution in [0.2, 0.25) is 0 Å². The van der Waals surface area contributed by atoms with Crippen molar-refractivity contribution in [3.63, 3.8) is 0 Å². The predicted molar refractivity (Wildman–Crippen MR) is 127 cm³/mol. The van der Waals surface area contributed by atoms with Gasteiger partial charge >= 0.3 is 24.2 Å². The van der Waals surface area contributed by atoms with E-state index in [9.17, 15) is 35.9 Å². The van der Waals surface area contributed by atoms with Gasteiger partial charge in [0.2, 0.25) is 0 Å². The molecule has 0 unspecified atom stereocenters. The highest BCUT2D eigenvalue weighted by atomic mass is 19.4. The molecule has 0 heterocycles. The molecule has 0 aromatic heterocycles. The average Bonchev–Trinajstić information content (AvgIpc) is 2.68.